The highest BCUT2D eigenvalue weighted by molar-refractivity contribution is 7.14. The zero-order chi connectivity index (χ0) is 18.2. The summed E-state index contributed by atoms with van der Waals surface area (Å²) in [4.78, 5) is 19.8. The van der Waals surface area contributed by atoms with Gasteiger partial charge < -0.3 is 10.2 Å². The van der Waals surface area contributed by atoms with Gasteiger partial charge in [-0.25, -0.2) is 0 Å². The van der Waals surface area contributed by atoms with Crippen molar-refractivity contribution < 1.29 is 4.79 Å². The first-order valence-corrected chi connectivity index (χ1v) is 11.1. The monoisotopic (exact) mass is 381 g/mol. The van der Waals surface area contributed by atoms with Gasteiger partial charge in [-0.15, -0.1) is 11.3 Å². The van der Waals surface area contributed by atoms with Crippen LogP contribution in [0.15, 0.2) is 30.3 Å². The zero-order valence-corrected chi connectivity index (χ0v) is 16.6. The van der Waals surface area contributed by atoms with E-state index < -0.39 is 0 Å². The minimum Gasteiger partial charge on any atom is -0.371 e. The first-order chi connectivity index (χ1) is 13.3. The lowest BCUT2D eigenvalue weighted by atomic mass is 10.0. The molecule has 0 unspecified atom stereocenters. The molecule has 1 N–H and O–H groups in total. The second-order valence-corrected chi connectivity index (χ2v) is 9.16. The van der Waals surface area contributed by atoms with Crippen molar-refractivity contribution in [1.29, 1.82) is 0 Å². The van der Waals surface area contributed by atoms with Crippen LogP contribution in [0.1, 0.15) is 51.4 Å². The number of rotatable bonds is 6. The fourth-order valence-corrected chi connectivity index (χ4v) is 5.52. The molecule has 2 aliphatic heterocycles. The van der Waals surface area contributed by atoms with Gasteiger partial charge in [0.2, 0.25) is 0 Å². The zero-order valence-electron chi connectivity index (χ0n) is 15.7. The third kappa shape index (κ3) is 3.63. The van der Waals surface area contributed by atoms with Crippen LogP contribution in [0.3, 0.4) is 0 Å². The summed E-state index contributed by atoms with van der Waals surface area (Å²) < 4.78 is 0. The first-order valence-electron chi connectivity index (χ1n) is 10.2. The number of fused-ring (bicyclic) bond motifs is 2. The van der Waals surface area contributed by atoms with Crippen LogP contribution in [0.25, 0.3) is 0 Å². The maximum absolute atomic E-state index is 12.5. The number of para-hydroxylation sites is 1. The molecule has 142 valence electrons. The second kappa shape index (κ2) is 7.28. The van der Waals surface area contributed by atoms with Crippen molar-refractivity contribution >= 4 is 22.9 Å². The Morgan fingerprint density at radius 3 is 2.93 bits per heavy atom. The Balaban J connectivity index is 1.10. The summed E-state index contributed by atoms with van der Waals surface area (Å²) in [6, 6.07) is 11.7. The molecule has 5 heteroatoms. The number of carbonyl (C=O) groups excluding carboxylic acids is 1. The summed E-state index contributed by atoms with van der Waals surface area (Å²) in [6.07, 6.45) is 6.10. The number of hydrogen-bond donors (Lipinski definition) is 1. The van der Waals surface area contributed by atoms with Gasteiger partial charge in [-0.1, -0.05) is 18.2 Å². The van der Waals surface area contributed by atoms with E-state index in [4.69, 9.17) is 0 Å². The third-order valence-corrected chi connectivity index (χ3v) is 7.16. The Kier molecular flexibility index (Phi) is 4.66. The molecule has 1 aromatic carbocycles. The van der Waals surface area contributed by atoms with E-state index in [0.717, 1.165) is 50.1 Å². The smallest absolute Gasteiger partial charge is 0.261 e. The molecule has 3 heterocycles. The number of carbonyl (C=O) groups is 1. The summed E-state index contributed by atoms with van der Waals surface area (Å²) in [5.74, 6) is 0.103. The molecule has 1 fully saturated rings. The Labute approximate surface area is 165 Å². The number of aryl methyl sites for hydroxylation is 1. The molecule has 0 bridgehead atoms. The van der Waals surface area contributed by atoms with E-state index in [9.17, 15) is 4.79 Å². The molecule has 1 saturated carbocycles. The van der Waals surface area contributed by atoms with Crippen LogP contribution in [0.5, 0.6) is 0 Å². The van der Waals surface area contributed by atoms with Gasteiger partial charge in [0.05, 0.1) is 4.88 Å². The quantitative estimate of drug-likeness (QED) is 0.773. The third-order valence-electron chi connectivity index (χ3n) is 6.00. The predicted molar refractivity (Wildman–Crippen MR) is 111 cm³/mol. The highest BCUT2D eigenvalue weighted by atomic mass is 32.1. The van der Waals surface area contributed by atoms with Crippen molar-refractivity contribution in [2.75, 3.05) is 24.5 Å². The van der Waals surface area contributed by atoms with Gasteiger partial charge >= 0.3 is 0 Å². The van der Waals surface area contributed by atoms with Crippen LogP contribution in [0, 0.1) is 0 Å². The van der Waals surface area contributed by atoms with E-state index in [1.165, 1.54) is 47.4 Å². The molecule has 0 spiro atoms. The van der Waals surface area contributed by atoms with E-state index in [1.54, 1.807) is 11.3 Å². The molecule has 4 nitrogen and oxygen atoms in total. The largest absolute Gasteiger partial charge is 0.371 e. The molecule has 2 aromatic rings. The van der Waals surface area contributed by atoms with Gasteiger partial charge in [-0.05, 0) is 55.4 Å². The molecule has 5 rings (SSSR count). The van der Waals surface area contributed by atoms with Gasteiger partial charge in [0.25, 0.3) is 5.91 Å². The summed E-state index contributed by atoms with van der Waals surface area (Å²) in [6.45, 7) is 4.97. The highest BCUT2D eigenvalue weighted by Gasteiger charge is 2.34. The molecule has 3 aliphatic rings. The number of amides is 1. The second-order valence-electron chi connectivity index (χ2n) is 8.02. The SMILES string of the molecule is O=C(NCCCN1CCCc2ccccc21)c1cc2c(s1)CN(C1CC1)C2. The average Bonchev–Trinajstić information content (AvgIpc) is 3.35. The highest BCUT2D eigenvalue weighted by Crippen LogP contribution is 2.38. The van der Waals surface area contributed by atoms with Crippen molar-refractivity contribution in [3.63, 3.8) is 0 Å². The fraction of sp³-hybridized carbons (Fsp3) is 0.500. The van der Waals surface area contributed by atoms with Gasteiger partial charge in [0.1, 0.15) is 0 Å². The molecular weight excluding hydrogens is 354 g/mol. The maximum atomic E-state index is 12.5. The van der Waals surface area contributed by atoms with Crippen molar-refractivity contribution in [3.8, 4) is 0 Å². The normalized spacial score (nSPS) is 19.0. The Morgan fingerprint density at radius 1 is 1.19 bits per heavy atom. The molecule has 0 saturated heterocycles. The van der Waals surface area contributed by atoms with Crippen LogP contribution >= 0.6 is 11.3 Å². The van der Waals surface area contributed by atoms with E-state index >= 15 is 0 Å². The summed E-state index contributed by atoms with van der Waals surface area (Å²) in [5, 5.41) is 3.13. The van der Waals surface area contributed by atoms with E-state index in [0.29, 0.717) is 0 Å². The molecule has 0 atom stereocenters. The minimum atomic E-state index is 0.103. The van der Waals surface area contributed by atoms with Crippen molar-refractivity contribution in [2.45, 2.75) is 51.2 Å². The summed E-state index contributed by atoms with van der Waals surface area (Å²) in [5.41, 5.74) is 4.22. The number of benzene rings is 1. The molecule has 1 aliphatic carbocycles. The number of thiophene rings is 1. The predicted octanol–water partition coefficient (Wildman–Crippen LogP) is 3.80. The van der Waals surface area contributed by atoms with Gasteiger partial charge in [0, 0.05) is 49.3 Å². The van der Waals surface area contributed by atoms with E-state index in [1.807, 2.05) is 0 Å². The van der Waals surface area contributed by atoms with Crippen molar-refractivity contribution in [2.24, 2.45) is 0 Å². The van der Waals surface area contributed by atoms with Crippen LogP contribution in [0.2, 0.25) is 0 Å². The van der Waals surface area contributed by atoms with Crippen LogP contribution in [-0.2, 0) is 19.5 Å². The first kappa shape index (κ1) is 17.3. The van der Waals surface area contributed by atoms with Crippen LogP contribution in [0.4, 0.5) is 5.69 Å². The summed E-state index contributed by atoms with van der Waals surface area (Å²) in [7, 11) is 0. The Bertz CT molecular complexity index is 818. The number of nitrogens with zero attached hydrogens (tertiary/aromatic N) is 2. The maximum Gasteiger partial charge on any atom is 0.261 e. The van der Waals surface area contributed by atoms with Crippen molar-refractivity contribution in [1.82, 2.24) is 10.2 Å². The molecule has 1 aromatic heterocycles. The Hall–Kier alpha value is -1.85. The van der Waals surface area contributed by atoms with Crippen LogP contribution < -0.4 is 10.2 Å². The lowest BCUT2D eigenvalue weighted by Gasteiger charge is -2.31. The lowest BCUT2D eigenvalue weighted by molar-refractivity contribution is 0.0957. The van der Waals surface area contributed by atoms with Crippen LogP contribution in [-0.4, -0.2) is 36.5 Å². The summed E-state index contributed by atoms with van der Waals surface area (Å²) >= 11 is 1.69. The van der Waals surface area contributed by atoms with Gasteiger partial charge in [-0.2, -0.15) is 0 Å². The lowest BCUT2D eigenvalue weighted by Crippen LogP contribution is -2.33. The van der Waals surface area contributed by atoms with E-state index in [-0.39, 0.29) is 5.91 Å². The number of nitrogens with one attached hydrogen (secondary N) is 1. The Morgan fingerprint density at radius 2 is 2.07 bits per heavy atom. The molecule has 1 amide bonds. The molecule has 0 radical (unpaired) electrons. The molecular formula is C22H27N3OS. The number of hydrogen-bond acceptors (Lipinski definition) is 4. The number of anilines is 1. The minimum absolute atomic E-state index is 0.103. The standard InChI is InChI=1S/C22H27N3OS/c26-22(20-13-17-14-25(18-8-9-18)15-21(17)27-20)23-10-4-12-24-11-3-6-16-5-1-2-7-19(16)24/h1-2,5,7,13,18H,3-4,6,8-12,14-15H2,(H,23,26). The van der Waals surface area contributed by atoms with E-state index in [2.05, 4.69) is 45.4 Å². The topological polar surface area (TPSA) is 35.6 Å². The molecule has 27 heavy (non-hydrogen) atoms. The average molecular weight is 382 g/mol. The van der Waals surface area contributed by atoms with Crippen molar-refractivity contribution in [3.05, 3.63) is 51.2 Å². The van der Waals surface area contributed by atoms with Gasteiger partial charge in [0.15, 0.2) is 0 Å². The van der Waals surface area contributed by atoms with Gasteiger partial charge in [-0.3, -0.25) is 9.69 Å². The fourth-order valence-electron chi connectivity index (χ4n) is 4.41.